The van der Waals surface area contributed by atoms with Crippen molar-refractivity contribution in [3.8, 4) is 0 Å². The van der Waals surface area contributed by atoms with Crippen LogP contribution >= 0.6 is 0 Å². The zero-order valence-corrected chi connectivity index (χ0v) is 13.5. The maximum atomic E-state index is 5.69. The van der Waals surface area contributed by atoms with Gasteiger partial charge < -0.3 is 9.47 Å². The second kappa shape index (κ2) is 7.99. The van der Waals surface area contributed by atoms with E-state index in [1.54, 1.807) is 0 Å². The van der Waals surface area contributed by atoms with Crippen LogP contribution in [0.3, 0.4) is 0 Å². The summed E-state index contributed by atoms with van der Waals surface area (Å²) in [5, 5.41) is 0. The van der Waals surface area contributed by atoms with E-state index in [0.29, 0.717) is 19.1 Å². The molecule has 2 aliphatic rings. The molecule has 0 unspecified atom stereocenters. The molecule has 1 aliphatic heterocycles. The lowest BCUT2D eigenvalue weighted by Crippen LogP contribution is -2.38. The van der Waals surface area contributed by atoms with E-state index in [1.807, 2.05) is 12.4 Å². The van der Waals surface area contributed by atoms with Crippen LogP contribution < -0.4 is 0 Å². The van der Waals surface area contributed by atoms with E-state index in [4.69, 9.17) is 9.47 Å². The van der Waals surface area contributed by atoms with Gasteiger partial charge in [0, 0.05) is 37.0 Å². The predicted molar refractivity (Wildman–Crippen MR) is 84.8 cm³/mol. The summed E-state index contributed by atoms with van der Waals surface area (Å²) in [6.45, 7) is 3.85. The van der Waals surface area contributed by atoms with Gasteiger partial charge in [0.05, 0.1) is 25.9 Å². The van der Waals surface area contributed by atoms with Crippen molar-refractivity contribution in [3.05, 3.63) is 23.8 Å². The summed E-state index contributed by atoms with van der Waals surface area (Å²) in [7, 11) is 2.10. The molecule has 0 amide bonds. The molecule has 0 aromatic carbocycles. The molecule has 0 radical (unpaired) electrons. The molecule has 1 saturated carbocycles. The molecule has 22 heavy (non-hydrogen) atoms. The largest absolute Gasteiger partial charge is 0.376 e. The van der Waals surface area contributed by atoms with Crippen molar-refractivity contribution in [3.63, 3.8) is 0 Å². The second-order valence-corrected chi connectivity index (χ2v) is 6.55. The van der Waals surface area contributed by atoms with Gasteiger partial charge in [0.25, 0.3) is 0 Å². The highest BCUT2D eigenvalue weighted by atomic mass is 16.6. The minimum absolute atomic E-state index is 0.182. The molecule has 3 rings (SSSR count). The number of aromatic nitrogens is 2. The Labute approximate surface area is 133 Å². The molecule has 1 aliphatic carbocycles. The third kappa shape index (κ3) is 4.48. The van der Waals surface area contributed by atoms with Crippen molar-refractivity contribution in [2.75, 3.05) is 33.4 Å². The fourth-order valence-electron chi connectivity index (χ4n) is 3.38. The molecule has 1 atom stereocenters. The number of hydrogen-bond donors (Lipinski definition) is 0. The first-order chi connectivity index (χ1) is 10.8. The highest BCUT2D eigenvalue weighted by Crippen LogP contribution is 2.30. The van der Waals surface area contributed by atoms with Crippen LogP contribution in [0.5, 0.6) is 0 Å². The van der Waals surface area contributed by atoms with Crippen molar-refractivity contribution in [2.24, 2.45) is 0 Å². The molecule has 0 N–H and O–H groups in total. The van der Waals surface area contributed by atoms with Crippen molar-refractivity contribution >= 4 is 0 Å². The normalized spacial score (nSPS) is 23.8. The molecule has 1 aromatic rings. The van der Waals surface area contributed by atoms with E-state index >= 15 is 0 Å². The summed E-state index contributed by atoms with van der Waals surface area (Å²) in [4.78, 5) is 11.5. The zero-order chi connectivity index (χ0) is 15.2. The van der Waals surface area contributed by atoms with Crippen LogP contribution in [0.1, 0.15) is 49.4 Å². The van der Waals surface area contributed by atoms with Crippen LogP contribution in [0.2, 0.25) is 0 Å². The molecular formula is C17H27N3O2. The van der Waals surface area contributed by atoms with E-state index in [1.165, 1.54) is 37.7 Å². The summed E-state index contributed by atoms with van der Waals surface area (Å²) in [5.41, 5.74) is 1.17. The molecule has 1 aromatic heterocycles. The van der Waals surface area contributed by atoms with Crippen LogP contribution in [0.4, 0.5) is 0 Å². The molecular weight excluding hydrogens is 278 g/mol. The molecule has 5 heteroatoms. The van der Waals surface area contributed by atoms with Crippen LogP contribution in [0, 0.1) is 0 Å². The van der Waals surface area contributed by atoms with Crippen molar-refractivity contribution in [1.29, 1.82) is 0 Å². The van der Waals surface area contributed by atoms with Gasteiger partial charge in [-0.15, -0.1) is 0 Å². The van der Waals surface area contributed by atoms with Gasteiger partial charge >= 0.3 is 0 Å². The van der Waals surface area contributed by atoms with E-state index in [0.717, 1.165) is 25.5 Å². The van der Waals surface area contributed by atoms with E-state index in [9.17, 15) is 0 Å². The Hall–Kier alpha value is -1.04. The molecule has 2 fully saturated rings. The topological polar surface area (TPSA) is 47.5 Å². The standard InChI is InChI=1S/C17H27N3O2/c1-20(12-16-13-21-7-8-22-16)11-14-9-18-17(19-10-14)15-5-3-2-4-6-15/h9-10,15-16H,2-8,11-13H2,1H3/t16-/m0/s1. The first kappa shape index (κ1) is 15.8. The Kier molecular flexibility index (Phi) is 5.76. The minimum Gasteiger partial charge on any atom is -0.376 e. The van der Waals surface area contributed by atoms with E-state index < -0.39 is 0 Å². The smallest absolute Gasteiger partial charge is 0.131 e. The molecule has 1 saturated heterocycles. The quantitative estimate of drug-likeness (QED) is 0.836. The number of likely N-dealkylation sites (N-methyl/N-ethyl adjacent to an activating group) is 1. The van der Waals surface area contributed by atoms with E-state index in [-0.39, 0.29) is 6.10 Å². The first-order valence-corrected chi connectivity index (χ1v) is 8.50. The van der Waals surface area contributed by atoms with Crippen LogP contribution in [0.25, 0.3) is 0 Å². The average Bonchev–Trinajstić information content (AvgIpc) is 2.57. The van der Waals surface area contributed by atoms with Gasteiger partial charge in [-0.25, -0.2) is 9.97 Å². The highest BCUT2D eigenvalue weighted by Gasteiger charge is 2.19. The van der Waals surface area contributed by atoms with Gasteiger partial charge in [-0.05, 0) is 19.9 Å². The second-order valence-electron chi connectivity index (χ2n) is 6.55. The summed E-state index contributed by atoms with van der Waals surface area (Å²) >= 11 is 0. The number of hydrogen-bond acceptors (Lipinski definition) is 5. The third-order valence-corrected chi connectivity index (χ3v) is 4.55. The number of rotatable bonds is 5. The maximum absolute atomic E-state index is 5.69. The first-order valence-electron chi connectivity index (χ1n) is 8.50. The minimum atomic E-state index is 0.182. The number of ether oxygens (including phenoxy) is 2. The fourth-order valence-corrected chi connectivity index (χ4v) is 3.38. The SMILES string of the molecule is CN(Cc1cnc(C2CCCCC2)nc1)C[C@H]1COCCO1. The Morgan fingerprint density at radius 2 is 1.91 bits per heavy atom. The summed E-state index contributed by atoms with van der Waals surface area (Å²) in [5.74, 6) is 1.61. The highest BCUT2D eigenvalue weighted by molar-refractivity contribution is 5.08. The van der Waals surface area contributed by atoms with Gasteiger partial charge in [-0.1, -0.05) is 19.3 Å². The Morgan fingerprint density at radius 1 is 1.14 bits per heavy atom. The lowest BCUT2D eigenvalue weighted by molar-refractivity contribution is -0.0963. The lowest BCUT2D eigenvalue weighted by Gasteiger charge is -2.27. The Balaban J connectivity index is 1.49. The summed E-state index contributed by atoms with van der Waals surface area (Å²) in [6.07, 6.45) is 10.7. The molecule has 2 heterocycles. The van der Waals surface area contributed by atoms with Gasteiger partial charge in [0.15, 0.2) is 0 Å². The van der Waals surface area contributed by atoms with Gasteiger partial charge in [-0.3, -0.25) is 4.90 Å². The van der Waals surface area contributed by atoms with Crippen LogP contribution in [-0.2, 0) is 16.0 Å². The van der Waals surface area contributed by atoms with Crippen molar-refractivity contribution in [1.82, 2.24) is 14.9 Å². The van der Waals surface area contributed by atoms with E-state index in [2.05, 4.69) is 21.9 Å². The van der Waals surface area contributed by atoms with Gasteiger partial charge in [0.1, 0.15) is 5.82 Å². The zero-order valence-electron chi connectivity index (χ0n) is 13.5. The monoisotopic (exact) mass is 305 g/mol. The molecule has 5 nitrogen and oxygen atoms in total. The number of nitrogens with zero attached hydrogens (tertiary/aromatic N) is 3. The maximum Gasteiger partial charge on any atom is 0.131 e. The third-order valence-electron chi connectivity index (χ3n) is 4.55. The van der Waals surface area contributed by atoms with Gasteiger partial charge in [0.2, 0.25) is 0 Å². The summed E-state index contributed by atoms with van der Waals surface area (Å²) in [6, 6.07) is 0. The Morgan fingerprint density at radius 3 is 2.59 bits per heavy atom. The van der Waals surface area contributed by atoms with Crippen molar-refractivity contribution in [2.45, 2.75) is 50.7 Å². The lowest BCUT2D eigenvalue weighted by atomic mass is 9.89. The van der Waals surface area contributed by atoms with Crippen LogP contribution in [0.15, 0.2) is 12.4 Å². The van der Waals surface area contributed by atoms with Gasteiger partial charge in [-0.2, -0.15) is 0 Å². The average molecular weight is 305 g/mol. The van der Waals surface area contributed by atoms with Crippen molar-refractivity contribution < 1.29 is 9.47 Å². The summed E-state index contributed by atoms with van der Waals surface area (Å²) < 4.78 is 11.1. The Bertz CT molecular complexity index is 440. The fraction of sp³-hybridized carbons (Fsp3) is 0.765. The molecule has 0 spiro atoms. The predicted octanol–water partition coefficient (Wildman–Crippen LogP) is 2.37. The molecule has 122 valence electrons. The van der Waals surface area contributed by atoms with Crippen LogP contribution in [-0.4, -0.2) is 54.4 Å². The molecule has 0 bridgehead atoms.